The number of nitrogens with zero attached hydrogens (tertiary/aromatic N) is 3. The first-order valence-electron chi connectivity index (χ1n) is 4.61. The van der Waals surface area contributed by atoms with Crippen LogP contribution in [-0.4, -0.2) is 31.8 Å². The molecule has 0 aliphatic heterocycles. The topological polar surface area (TPSA) is 105 Å². The lowest BCUT2D eigenvalue weighted by Crippen LogP contribution is -2.11. The van der Waals surface area contributed by atoms with Gasteiger partial charge in [-0.3, -0.25) is 10.1 Å². The molecule has 0 saturated heterocycles. The minimum absolute atomic E-state index is 0.293. The van der Waals surface area contributed by atoms with E-state index in [4.69, 9.17) is 5.11 Å². The molecule has 2 aromatic rings. The highest BCUT2D eigenvalue weighted by atomic mass is 32.1. The van der Waals surface area contributed by atoms with Gasteiger partial charge in [-0.05, 0) is 28.3 Å². The molecule has 2 heterocycles. The van der Waals surface area contributed by atoms with Crippen LogP contribution in [0.5, 0.6) is 0 Å². The van der Waals surface area contributed by atoms with Gasteiger partial charge in [0.2, 0.25) is 5.13 Å². The van der Waals surface area contributed by atoms with E-state index in [0.29, 0.717) is 15.6 Å². The molecular weight excluding hydrogens is 276 g/mol. The fourth-order valence-corrected chi connectivity index (χ4v) is 2.27. The lowest BCUT2D eigenvalue weighted by molar-refractivity contribution is -0.131. The molecule has 18 heavy (non-hydrogen) atoms. The molecule has 0 fully saturated rings. The number of nitrogens with one attached hydrogen (secondary N) is 1. The van der Waals surface area contributed by atoms with Crippen LogP contribution in [0.15, 0.2) is 17.5 Å². The minimum atomic E-state index is -1.07. The molecule has 0 unspecified atom stereocenters. The molecule has 0 bridgehead atoms. The van der Waals surface area contributed by atoms with Crippen LogP contribution < -0.4 is 5.32 Å². The summed E-state index contributed by atoms with van der Waals surface area (Å²) in [5.74, 6) is -1.44. The van der Waals surface area contributed by atoms with Gasteiger partial charge in [-0.1, -0.05) is 9.59 Å². The molecular formula is C9H6N4O3S2. The van der Waals surface area contributed by atoms with Crippen LogP contribution >= 0.6 is 22.9 Å². The summed E-state index contributed by atoms with van der Waals surface area (Å²) in [6.45, 7) is 0. The third-order valence-electron chi connectivity index (χ3n) is 1.83. The maximum Gasteiger partial charge on any atom is 0.328 e. The maximum absolute atomic E-state index is 11.9. The Morgan fingerprint density at radius 3 is 2.94 bits per heavy atom. The number of anilines is 1. The van der Waals surface area contributed by atoms with Gasteiger partial charge in [0.15, 0.2) is 0 Å². The lowest BCUT2D eigenvalue weighted by Gasteiger charge is -1.98. The predicted molar refractivity (Wildman–Crippen MR) is 66.6 cm³/mol. The maximum atomic E-state index is 11.9. The number of hydrogen-bond donors (Lipinski definition) is 2. The molecule has 9 heteroatoms. The number of hydrogen-bond acceptors (Lipinski definition) is 7. The van der Waals surface area contributed by atoms with Crippen LogP contribution in [0.1, 0.15) is 15.2 Å². The summed E-state index contributed by atoms with van der Waals surface area (Å²) in [4.78, 5) is 22.7. The first-order chi connectivity index (χ1) is 8.66. The third-order valence-corrected chi connectivity index (χ3v) is 3.27. The summed E-state index contributed by atoms with van der Waals surface area (Å²) in [6, 6.07) is 1.66. The van der Waals surface area contributed by atoms with Gasteiger partial charge in [-0.2, -0.15) is 0 Å². The second-order valence-corrected chi connectivity index (χ2v) is 4.65. The zero-order valence-corrected chi connectivity index (χ0v) is 10.4. The normalized spacial score (nSPS) is 10.7. The van der Waals surface area contributed by atoms with Gasteiger partial charge in [0.25, 0.3) is 5.91 Å². The van der Waals surface area contributed by atoms with Crippen molar-refractivity contribution in [3.05, 3.63) is 28.0 Å². The minimum Gasteiger partial charge on any atom is -0.478 e. The number of aliphatic carboxylic acids is 1. The van der Waals surface area contributed by atoms with Crippen molar-refractivity contribution < 1.29 is 14.7 Å². The number of thiophene rings is 1. The second kappa shape index (κ2) is 5.47. The summed E-state index contributed by atoms with van der Waals surface area (Å²) >= 11 is 2.17. The van der Waals surface area contributed by atoms with Crippen molar-refractivity contribution in [2.45, 2.75) is 0 Å². The number of carboxylic acid groups (broad SMARTS) is 1. The number of carboxylic acids is 1. The first kappa shape index (κ1) is 12.3. The summed E-state index contributed by atoms with van der Waals surface area (Å²) < 4.78 is 3.52. The van der Waals surface area contributed by atoms with E-state index in [1.165, 1.54) is 17.4 Å². The van der Waals surface area contributed by atoms with Gasteiger partial charge >= 0.3 is 5.97 Å². The average molecular weight is 282 g/mol. The fraction of sp³-hybridized carbons (Fsp3) is 0. The molecule has 0 aliphatic rings. The van der Waals surface area contributed by atoms with E-state index in [0.717, 1.165) is 17.6 Å². The standard InChI is InChI=1S/C9H6N4O3S2/c14-6(15)2-1-5-3-4-17-7(5)8(16)10-9-11-12-13-18-9/h1-4H,(H,14,15)(H,10,11,13,16)/b2-1+. The Balaban J connectivity index is 2.16. The third kappa shape index (κ3) is 2.96. The Morgan fingerprint density at radius 1 is 1.44 bits per heavy atom. The first-order valence-corrected chi connectivity index (χ1v) is 6.27. The quantitative estimate of drug-likeness (QED) is 0.820. The van der Waals surface area contributed by atoms with Crippen LogP contribution in [-0.2, 0) is 4.79 Å². The summed E-state index contributed by atoms with van der Waals surface area (Å²) in [7, 11) is 0. The lowest BCUT2D eigenvalue weighted by atomic mass is 10.2. The molecule has 7 nitrogen and oxygen atoms in total. The van der Waals surface area contributed by atoms with Crippen LogP contribution in [0.3, 0.4) is 0 Å². The van der Waals surface area contributed by atoms with E-state index in [-0.39, 0.29) is 5.91 Å². The Morgan fingerprint density at radius 2 is 2.28 bits per heavy atom. The Hall–Kier alpha value is -2.13. The fourth-order valence-electron chi connectivity index (χ4n) is 1.13. The molecule has 2 rings (SSSR count). The van der Waals surface area contributed by atoms with Gasteiger partial charge in [-0.25, -0.2) is 4.79 Å². The van der Waals surface area contributed by atoms with Crippen molar-refractivity contribution in [2.75, 3.05) is 5.32 Å². The monoisotopic (exact) mass is 282 g/mol. The SMILES string of the molecule is O=C(O)/C=C/c1ccsc1C(=O)Nc1nnns1. The highest BCUT2D eigenvalue weighted by Crippen LogP contribution is 2.20. The van der Waals surface area contributed by atoms with E-state index < -0.39 is 5.97 Å². The van der Waals surface area contributed by atoms with Crippen LogP contribution in [0.4, 0.5) is 5.13 Å². The average Bonchev–Trinajstić information content (AvgIpc) is 2.96. The van der Waals surface area contributed by atoms with Gasteiger partial charge in [0, 0.05) is 17.6 Å². The predicted octanol–water partition coefficient (Wildman–Crippen LogP) is 1.34. The Bertz CT molecular complexity index is 591. The van der Waals surface area contributed by atoms with E-state index >= 15 is 0 Å². The van der Waals surface area contributed by atoms with E-state index in [1.807, 2.05) is 0 Å². The zero-order chi connectivity index (χ0) is 13.0. The van der Waals surface area contributed by atoms with Crippen LogP contribution in [0.2, 0.25) is 0 Å². The van der Waals surface area contributed by atoms with E-state index in [9.17, 15) is 9.59 Å². The number of amides is 1. The van der Waals surface area contributed by atoms with Gasteiger partial charge in [-0.15, -0.1) is 11.3 Å². The smallest absolute Gasteiger partial charge is 0.328 e. The van der Waals surface area contributed by atoms with Crippen molar-refractivity contribution in [1.29, 1.82) is 0 Å². The van der Waals surface area contributed by atoms with E-state index in [2.05, 4.69) is 20.1 Å². The Kier molecular flexibility index (Phi) is 3.75. The molecule has 2 N–H and O–H groups in total. The van der Waals surface area contributed by atoms with Crippen molar-refractivity contribution in [3.63, 3.8) is 0 Å². The van der Waals surface area contributed by atoms with Gasteiger partial charge in [0.05, 0.1) is 4.88 Å². The molecule has 92 valence electrons. The molecule has 0 aliphatic carbocycles. The number of rotatable bonds is 4. The summed E-state index contributed by atoms with van der Waals surface area (Å²) in [5.41, 5.74) is 0.539. The zero-order valence-electron chi connectivity index (χ0n) is 8.73. The Labute approximate surface area is 109 Å². The molecule has 0 spiro atoms. The molecule has 1 amide bonds. The number of carbonyl (C=O) groups excluding carboxylic acids is 1. The second-order valence-electron chi connectivity index (χ2n) is 3.00. The largest absolute Gasteiger partial charge is 0.478 e. The van der Waals surface area contributed by atoms with Gasteiger partial charge in [0.1, 0.15) is 0 Å². The van der Waals surface area contributed by atoms with Crippen LogP contribution in [0.25, 0.3) is 6.08 Å². The molecule has 0 atom stereocenters. The van der Waals surface area contributed by atoms with Crippen molar-refractivity contribution >= 4 is 46.0 Å². The van der Waals surface area contributed by atoms with Crippen molar-refractivity contribution in [1.82, 2.24) is 14.8 Å². The number of carbonyl (C=O) groups is 2. The summed E-state index contributed by atoms with van der Waals surface area (Å²) in [5, 5.41) is 20.0. The highest BCUT2D eigenvalue weighted by Gasteiger charge is 2.13. The van der Waals surface area contributed by atoms with E-state index in [1.54, 1.807) is 11.4 Å². The van der Waals surface area contributed by atoms with Crippen molar-refractivity contribution in [2.24, 2.45) is 0 Å². The highest BCUT2D eigenvalue weighted by molar-refractivity contribution is 7.13. The molecule has 0 aromatic carbocycles. The van der Waals surface area contributed by atoms with Crippen LogP contribution in [0, 0.1) is 0 Å². The number of aromatic nitrogens is 3. The molecule has 2 aromatic heterocycles. The van der Waals surface area contributed by atoms with Gasteiger partial charge < -0.3 is 5.11 Å². The van der Waals surface area contributed by atoms with Crippen molar-refractivity contribution in [3.8, 4) is 0 Å². The molecule has 0 radical (unpaired) electrons. The summed E-state index contributed by atoms with van der Waals surface area (Å²) in [6.07, 6.45) is 2.34. The molecule has 0 saturated carbocycles.